The first-order valence-electron chi connectivity index (χ1n) is 21.6. The normalized spacial score (nSPS) is 23.1. The minimum Gasteiger partial charge on any atom is -0.507 e. The summed E-state index contributed by atoms with van der Waals surface area (Å²) in [4.78, 5) is 40.7. The number of aromatic hydroxyl groups is 1. The Kier molecular flexibility index (Phi) is 11.4. The van der Waals surface area contributed by atoms with Crippen LogP contribution >= 0.6 is 11.3 Å². The van der Waals surface area contributed by atoms with E-state index in [-0.39, 0.29) is 42.5 Å². The number of phenolic OH excluding ortho intramolecular Hbond substituents is 1. The van der Waals surface area contributed by atoms with Crippen molar-refractivity contribution in [3.05, 3.63) is 95.0 Å². The van der Waals surface area contributed by atoms with Gasteiger partial charge in [0.1, 0.15) is 24.3 Å². The smallest absolute Gasteiger partial charge is 0.254 e. The molecule has 1 saturated heterocycles. The zero-order chi connectivity index (χ0) is 43.3. The number of rotatable bonds is 14. The number of aliphatic hydroxyl groups is 1. The van der Waals surface area contributed by atoms with E-state index < -0.39 is 18.1 Å². The Labute approximate surface area is 364 Å². The maximum atomic E-state index is 14.2. The van der Waals surface area contributed by atoms with Crippen molar-refractivity contribution in [1.82, 2.24) is 40.4 Å². The van der Waals surface area contributed by atoms with Gasteiger partial charge in [-0.05, 0) is 98.5 Å². The molecule has 2 amide bonds. The number of carbonyl (C=O) groups is 2. The van der Waals surface area contributed by atoms with E-state index in [1.54, 1.807) is 29.5 Å². The Hall–Kier alpha value is -5.64. The lowest BCUT2D eigenvalue weighted by Gasteiger charge is -2.59. The molecular formula is C47H54N8O6S. The number of likely N-dealkylation sites (tertiary alicyclic amines) is 1. The molecule has 1 aliphatic heterocycles. The number of para-hydroxylation sites is 1. The Balaban J connectivity index is 0.746. The first kappa shape index (κ1) is 41.7. The fourth-order valence-electron chi connectivity index (χ4n) is 9.86. The molecule has 0 bridgehead atoms. The number of nitrogens with one attached hydrogen (secondary N) is 2. The van der Waals surface area contributed by atoms with Gasteiger partial charge < -0.3 is 34.7 Å². The van der Waals surface area contributed by atoms with E-state index >= 15 is 0 Å². The number of phenols is 1. The van der Waals surface area contributed by atoms with Gasteiger partial charge in [0, 0.05) is 54.2 Å². The van der Waals surface area contributed by atoms with Crippen LogP contribution in [0.2, 0.25) is 0 Å². The number of H-pyrrole nitrogens is 1. The van der Waals surface area contributed by atoms with Crippen LogP contribution in [0, 0.1) is 18.3 Å². The van der Waals surface area contributed by atoms with Crippen LogP contribution in [0.3, 0.4) is 0 Å². The monoisotopic (exact) mass is 858 g/mol. The van der Waals surface area contributed by atoms with Crippen LogP contribution in [-0.2, 0) is 9.59 Å². The Morgan fingerprint density at radius 2 is 1.84 bits per heavy atom. The largest absolute Gasteiger partial charge is 0.507 e. The predicted octanol–water partition coefficient (Wildman–Crippen LogP) is 7.37. The Bertz CT molecular complexity index is 2550. The number of aryl methyl sites for hydroxylation is 1. The summed E-state index contributed by atoms with van der Waals surface area (Å²) in [7, 11) is 2.13. The third-order valence-corrected chi connectivity index (χ3v) is 14.4. The minimum absolute atomic E-state index is 0.0608. The van der Waals surface area contributed by atoms with Gasteiger partial charge >= 0.3 is 0 Å². The summed E-state index contributed by atoms with van der Waals surface area (Å²) >= 11 is 1.59. The number of aromatic amines is 1. The van der Waals surface area contributed by atoms with Crippen LogP contribution < -0.4 is 10.1 Å². The number of likely N-dealkylation sites (N-methyl/N-ethyl adjacent to an activating group) is 1. The van der Waals surface area contributed by atoms with Gasteiger partial charge in [0.2, 0.25) is 11.8 Å². The average molecular weight is 859 g/mol. The molecule has 9 rings (SSSR count). The molecule has 6 aromatic rings. The van der Waals surface area contributed by atoms with E-state index in [0.29, 0.717) is 46.9 Å². The van der Waals surface area contributed by atoms with Crippen LogP contribution in [0.25, 0.3) is 32.7 Å². The summed E-state index contributed by atoms with van der Waals surface area (Å²) in [6.07, 6.45) is 3.91. The SMILES string of the molecule is Cc1ncsc1-c1ccc([C@H](C)NC(=O)[C@@H]2C[C@@H](O)CN2C(=O)[C@@H](c2cc(OCCN(C)C3CC4(CC(c5cc6cc(-c7ccccc7O)nnc6[nH]5)C4)C3)no2)C(C)C)cc1. The molecule has 2 aliphatic carbocycles. The van der Waals surface area contributed by atoms with E-state index in [2.05, 4.69) is 48.7 Å². The standard InChI is InChI=1S/C47H54N8O6S/c1-26(2)42(46(59)55-24-34(56)18-38(55)45(58)49-27(3)29-10-12-30(13-11-29)43-28(4)48-25-62-43)40-19-41(53-61-40)60-15-14-54(5)33-22-47(23-33)20-32(21-47)36-16-31-17-37(51-52-44(31)50-36)35-8-6-7-9-39(35)57/h6-13,16-17,19,25-27,32-34,38,42,56-57H,14-15,18,20-24H2,1-5H3,(H,49,58)(H,50,52)/t27-,32?,33?,34+,38-,42+,47?/m0/s1. The molecule has 3 aliphatic rings. The van der Waals surface area contributed by atoms with Crippen molar-refractivity contribution in [3.8, 4) is 33.3 Å². The molecular weight excluding hydrogens is 805 g/mol. The number of benzene rings is 2. The van der Waals surface area contributed by atoms with Crippen molar-refractivity contribution in [2.24, 2.45) is 11.3 Å². The van der Waals surface area contributed by atoms with Crippen molar-refractivity contribution >= 4 is 34.2 Å². The van der Waals surface area contributed by atoms with Crippen molar-refractivity contribution in [3.63, 3.8) is 0 Å². The van der Waals surface area contributed by atoms with Crippen LogP contribution in [0.5, 0.6) is 11.6 Å². The summed E-state index contributed by atoms with van der Waals surface area (Å²) < 4.78 is 11.8. The summed E-state index contributed by atoms with van der Waals surface area (Å²) in [5, 5.41) is 38.0. The van der Waals surface area contributed by atoms with Gasteiger partial charge in [0.25, 0.3) is 5.88 Å². The van der Waals surface area contributed by atoms with E-state index in [0.717, 1.165) is 65.0 Å². The highest BCUT2D eigenvalue weighted by Crippen LogP contribution is 2.62. The molecule has 1 spiro atoms. The second-order valence-electron chi connectivity index (χ2n) is 18.1. The van der Waals surface area contributed by atoms with E-state index in [1.807, 2.05) is 75.7 Å². The van der Waals surface area contributed by atoms with Gasteiger partial charge in [-0.2, -0.15) is 0 Å². The third-order valence-electron chi connectivity index (χ3n) is 13.4. The molecule has 4 aromatic heterocycles. The zero-order valence-electron chi connectivity index (χ0n) is 35.7. The van der Waals surface area contributed by atoms with Gasteiger partial charge in [-0.15, -0.1) is 21.5 Å². The van der Waals surface area contributed by atoms with E-state index in [4.69, 9.17) is 9.26 Å². The quantitative estimate of drug-likeness (QED) is 0.0859. The number of carbonyl (C=O) groups excluding carboxylic acids is 2. The molecule has 4 atom stereocenters. The molecule has 15 heteroatoms. The lowest BCUT2D eigenvalue weighted by molar-refractivity contribution is -0.141. The van der Waals surface area contributed by atoms with Crippen LogP contribution in [0.1, 0.15) is 93.5 Å². The maximum absolute atomic E-state index is 14.2. The first-order valence-corrected chi connectivity index (χ1v) is 22.5. The van der Waals surface area contributed by atoms with Gasteiger partial charge in [-0.1, -0.05) is 50.2 Å². The van der Waals surface area contributed by atoms with E-state index in [1.165, 1.54) is 10.6 Å². The summed E-state index contributed by atoms with van der Waals surface area (Å²) in [6.45, 7) is 8.96. The summed E-state index contributed by atoms with van der Waals surface area (Å²) in [6, 6.07) is 20.4. The zero-order valence-corrected chi connectivity index (χ0v) is 36.6. The van der Waals surface area contributed by atoms with Crippen molar-refractivity contribution in [2.45, 2.75) is 95.9 Å². The van der Waals surface area contributed by atoms with Gasteiger partial charge in [-0.25, -0.2) is 4.98 Å². The number of fused-ring (bicyclic) bond motifs is 1. The third kappa shape index (κ3) is 8.20. The number of hydrogen-bond donors (Lipinski definition) is 4. The molecule has 0 radical (unpaired) electrons. The van der Waals surface area contributed by atoms with E-state index in [9.17, 15) is 19.8 Å². The second kappa shape index (κ2) is 16.9. The summed E-state index contributed by atoms with van der Waals surface area (Å²) in [5.41, 5.74) is 8.48. The Morgan fingerprint density at radius 1 is 1.06 bits per heavy atom. The lowest BCUT2D eigenvalue weighted by Crippen LogP contribution is -2.55. The van der Waals surface area contributed by atoms with Crippen LogP contribution in [-0.4, -0.2) is 102 Å². The minimum atomic E-state index is -0.819. The molecule has 3 fully saturated rings. The number of thiazole rings is 1. The fourth-order valence-corrected chi connectivity index (χ4v) is 10.7. The van der Waals surface area contributed by atoms with Gasteiger partial charge in [0.15, 0.2) is 11.4 Å². The number of ether oxygens (including phenoxy) is 1. The predicted molar refractivity (Wildman–Crippen MR) is 236 cm³/mol. The highest BCUT2D eigenvalue weighted by molar-refractivity contribution is 7.13. The number of aliphatic hydroxyl groups excluding tert-OH is 1. The van der Waals surface area contributed by atoms with Crippen LogP contribution in [0.15, 0.2) is 76.8 Å². The Morgan fingerprint density at radius 3 is 2.56 bits per heavy atom. The molecule has 62 heavy (non-hydrogen) atoms. The highest BCUT2D eigenvalue weighted by atomic mass is 32.1. The highest BCUT2D eigenvalue weighted by Gasteiger charge is 2.54. The van der Waals surface area contributed by atoms with Gasteiger partial charge in [0.05, 0.1) is 33.9 Å². The number of nitrogens with zero attached hydrogens (tertiary/aromatic N) is 6. The topological polar surface area (TPSA) is 183 Å². The molecule has 2 saturated carbocycles. The fraction of sp³-hybridized carbons (Fsp3) is 0.447. The summed E-state index contributed by atoms with van der Waals surface area (Å²) in [5.74, 6) is -0.128. The molecule has 2 aromatic carbocycles. The van der Waals surface area contributed by atoms with Crippen molar-refractivity contribution in [2.75, 3.05) is 26.7 Å². The van der Waals surface area contributed by atoms with Crippen molar-refractivity contribution < 1.29 is 29.1 Å². The molecule has 14 nitrogen and oxygen atoms in total. The first-order chi connectivity index (χ1) is 29.8. The number of amides is 2. The molecule has 324 valence electrons. The number of β-amino-alcohol motifs (C(OH)–C–C–N with tert-alkyl or cyclic N) is 1. The maximum Gasteiger partial charge on any atom is 0.254 e. The number of aromatic nitrogens is 5. The van der Waals surface area contributed by atoms with Gasteiger partial charge in [-0.3, -0.25) is 14.5 Å². The second-order valence-corrected chi connectivity index (χ2v) is 18.9. The molecule has 4 N–H and O–H groups in total. The van der Waals surface area contributed by atoms with Crippen molar-refractivity contribution in [1.29, 1.82) is 0 Å². The van der Waals surface area contributed by atoms with Crippen LogP contribution in [0.4, 0.5) is 0 Å². The average Bonchev–Trinajstić information content (AvgIpc) is 4.04. The number of hydrogen-bond acceptors (Lipinski definition) is 12. The lowest BCUT2D eigenvalue weighted by atomic mass is 9.49. The molecule has 0 unspecified atom stereocenters. The molecule has 5 heterocycles.